The molecule has 2 N–H and O–H groups in total. The number of amides is 1. The van der Waals surface area contributed by atoms with Crippen LogP contribution < -0.4 is 10.1 Å². The highest BCUT2D eigenvalue weighted by atomic mass is 19.1. The Labute approximate surface area is 128 Å². The average Bonchev–Trinajstić information content (AvgIpc) is 2.86. The molecular weight excluding hydrogens is 285 g/mol. The van der Waals surface area contributed by atoms with E-state index in [0.29, 0.717) is 22.7 Å². The number of hydrogen-bond donors (Lipinski definition) is 2. The van der Waals surface area contributed by atoms with E-state index >= 15 is 0 Å². The van der Waals surface area contributed by atoms with E-state index in [1.807, 2.05) is 27.7 Å². The molecule has 0 radical (unpaired) electrons. The number of carbonyl (C=O) groups excluding carboxylic acids is 1. The molecule has 0 bridgehead atoms. The number of rotatable bonds is 5. The normalized spacial score (nSPS) is 11.0. The second kappa shape index (κ2) is 6.60. The van der Waals surface area contributed by atoms with Crippen molar-refractivity contribution in [3.8, 4) is 17.0 Å². The van der Waals surface area contributed by atoms with Gasteiger partial charge in [-0.25, -0.2) is 4.39 Å². The fourth-order valence-corrected chi connectivity index (χ4v) is 1.98. The van der Waals surface area contributed by atoms with Crippen LogP contribution in [0.1, 0.15) is 38.2 Å². The summed E-state index contributed by atoms with van der Waals surface area (Å²) in [6.45, 7) is 7.48. The minimum Gasteiger partial charge on any atom is -0.490 e. The van der Waals surface area contributed by atoms with E-state index in [4.69, 9.17) is 4.74 Å². The van der Waals surface area contributed by atoms with E-state index in [-0.39, 0.29) is 23.9 Å². The molecule has 0 aliphatic heterocycles. The molecule has 0 aliphatic rings. The summed E-state index contributed by atoms with van der Waals surface area (Å²) in [6, 6.07) is 5.90. The molecule has 0 saturated carbocycles. The number of aromatic amines is 1. The first-order chi connectivity index (χ1) is 10.4. The number of hydrogen-bond acceptors (Lipinski definition) is 3. The van der Waals surface area contributed by atoms with Gasteiger partial charge in [0.15, 0.2) is 0 Å². The molecule has 0 saturated heterocycles. The predicted molar refractivity (Wildman–Crippen MR) is 82.3 cm³/mol. The van der Waals surface area contributed by atoms with Crippen LogP contribution in [0.3, 0.4) is 0 Å². The predicted octanol–water partition coefficient (Wildman–Crippen LogP) is 3.14. The molecule has 1 aromatic heterocycles. The van der Waals surface area contributed by atoms with E-state index in [9.17, 15) is 9.18 Å². The molecular formula is C16H20FN3O2. The zero-order valence-corrected chi connectivity index (χ0v) is 13.1. The van der Waals surface area contributed by atoms with Gasteiger partial charge in [-0.05, 0) is 45.9 Å². The molecule has 5 nitrogen and oxygen atoms in total. The molecule has 0 atom stereocenters. The van der Waals surface area contributed by atoms with Gasteiger partial charge in [0.25, 0.3) is 5.91 Å². The summed E-state index contributed by atoms with van der Waals surface area (Å²) in [5, 5.41) is 9.60. The number of H-pyrrole nitrogens is 1. The van der Waals surface area contributed by atoms with Gasteiger partial charge in [0.1, 0.15) is 17.3 Å². The quantitative estimate of drug-likeness (QED) is 0.891. The van der Waals surface area contributed by atoms with Gasteiger partial charge in [0.2, 0.25) is 0 Å². The number of nitrogens with zero attached hydrogens (tertiary/aromatic N) is 1. The standard InChI is InChI=1S/C16H20FN3O2/c1-9(2)18-16(21)14-8-13(19-20-14)12-6-5-11(17)7-15(12)22-10(3)4/h5-10H,1-4H3,(H,18,21)(H,19,20). The van der Waals surface area contributed by atoms with Crippen LogP contribution in [-0.4, -0.2) is 28.3 Å². The highest BCUT2D eigenvalue weighted by molar-refractivity contribution is 5.93. The van der Waals surface area contributed by atoms with Gasteiger partial charge in [-0.3, -0.25) is 9.89 Å². The minimum atomic E-state index is -0.382. The maximum atomic E-state index is 13.4. The zero-order chi connectivity index (χ0) is 16.3. The van der Waals surface area contributed by atoms with E-state index in [1.54, 1.807) is 12.1 Å². The smallest absolute Gasteiger partial charge is 0.269 e. The van der Waals surface area contributed by atoms with Crippen molar-refractivity contribution in [2.24, 2.45) is 0 Å². The van der Waals surface area contributed by atoms with Crippen LogP contribution in [0.5, 0.6) is 5.75 Å². The van der Waals surface area contributed by atoms with Gasteiger partial charge in [-0.2, -0.15) is 5.10 Å². The zero-order valence-electron chi connectivity index (χ0n) is 13.1. The first-order valence-corrected chi connectivity index (χ1v) is 7.19. The number of aromatic nitrogens is 2. The monoisotopic (exact) mass is 305 g/mol. The molecule has 1 heterocycles. The maximum absolute atomic E-state index is 13.4. The van der Waals surface area contributed by atoms with Gasteiger partial charge >= 0.3 is 0 Å². The van der Waals surface area contributed by atoms with E-state index in [2.05, 4.69) is 15.5 Å². The van der Waals surface area contributed by atoms with E-state index in [1.165, 1.54) is 12.1 Å². The third-order valence-corrected chi connectivity index (χ3v) is 2.82. The summed E-state index contributed by atoms with van der Waals surface area (Å²) in [6.07, 6.45) is -0.0943. The van der Waals surface area contributed by atoms with Gasteiger partial charge < -0.3 is 10.1 Å². The molecule has 6 heteroatoms. The van der Waals surface area contributed by atoms with Crippen molar-refractivity contribution in [1.29, 1.82) is 0 Å². The summed E-state index contributed by atoms with van der Waals surface area (Å²) in [4.78, 5) is 11.9. The average molecular weight is 305 g/mol. The Morgan fingerprint density at radius 3 is 2.64 bits per heavy atom. The van der Waals surface area contributed by atoms with E-state index < -0.39 is 0 Å². The third kappa shape index (κ3) is 3.84. The van der Waals surface area contributed by atoms with Gasteiger partial charge in [0, 0.05) is 17.7 Å². The Balaban J connectivity index is 2.32. The summed E-state index contributed by atoms with van der Waals surface area (Å²) in [5.74, 6) is -0.216. The minimum absolute atomic E-state index is 0.0323. The molecule has 118 valence electrons. The summed E-state index contributed by atoms with van der Waals surface area (Å²) in [5.41, 5.74) is 1.52. The van der Waals surface area contributed by atoms with Crippen molar-refractivity contribution in [2.45, 2.75) is 39.8 Å². The third-order valence-electron chi connectivity index (χ3n) is 2.82. The Bertz CT molecular complexity index is 665. The lowest BCUT2D eigenvalue weighted by atomic mass is 10.1. The topological polar surface area (TPSA) is 67.0 Å². The lowest BCUT2D eigenvalue weighted by molar-refractivity contribution is 0.0938. The van der Waals surface area contributed by atoms with Crippen molar-refractivity contribution < 1.29 is 13.9 Å². The van der Waals surface area contributed by atoms with Crippen molar-refractivity contribution >= 4 is 5.91 Å². The van der Waals surface area contributed by atoms with Crippen LogP contribution in [0.2, 0.25) is 0 Å². The highest BCUT2D eigenvalue weighted by Gasteiger charge is 2.15. The molecule has 0 aliphatic carbocycles. The lowest BCUT2D eigenvalue weighted by Crippen LogP contribution is -2.30. The maximum Gasteiger partial charge on any atom is 0.269 e. The molecule has 1 aromatic carbocycles. The molecule has 0 unspecified atom stereocenters. The van der Waals surface area contributed by atoms with Crippen LogP contribution in [-0.2, 0) is 0 Å². The van der Waals surface area contributed by atoms with E-state index in [0.717, 1.165) is 0 Å². The number of nitrogens with one attached hydrogen (secondary N) is 2. The molecule has 0 fully saturated rings. The molecule has 2 rings (SSSR count). The number of halogens is 1. The number of carbonyl (C=O) groups is 1. The van der Waals surface area contributed by atoms with Gasteiger partial charge in [-0.1, -0.05) is 0 Å². The van der Waals surface area contributed by atoms with Gasteiger partial charge in [0.05, 0.1) is 11.8 Å². The first-order valence-electron chi connectivity index (χ1n) is 7.19. The Morgan fingerprint density at radius 1 is 1.27 bits per heavy atom. The highest BCUT2D eigenvalue weighted by Crippen LogP contribution is 2.30. The van der Waals surface area contributed by atoms with Crippen LogP contribution in [0.25, 0.3) is 11.3 Å². The Morgan fingerprint density at radius 2 is 2.00 bits per heavy atom. The van der Waals surface area contributed by atoms with Gasteiger partial charge in [-0.15, -0.1) is 0 Å². The Hall–Kier alpha value is -2.37. The summed E-state index contributed by atoms with van der Waals surface area (Å²) >= 11 is 0. The SMILES string of the molecule is CC(C)NC(=O)c1cc(-c2ccc(F)cc2OC(C)C)n[nH]1. The second-order valence-corrected chi connectivity index (χ2v) is 5.60. The van der Waals surface area contributed by atoms with Crippen LogP contribution >= 0.6 is 0 Å². The largest absolute Gasteiger partial charge is 0.490 e. The second-order valence-electron chi connectivity index (χ2n) is 5.60. The van der Waals surface area contributed by atoms with Crippen molar-refractivity contribution in [3.63, 3.8) is 0 Å². The first kappa shape index (κ1) is 16.0. The Kier molecular flexibility index (Phi) is 4.80. The molecule has 0 spiro atoms. The number of ether oxygens (including phenoxy) is 1. The fraction of sp³-hybridized carbons (Fsp3) is 0.375. The number of benzene rings is 1. The van der Waals surface area contributed by atoms with Crippen molar-refractivity contribution in [1.82, 2.24) is 15.5 Å². The summed E-state index contributed by atoms with van der Waals surface area (Å²) in [7, 11) is 0. The van der Waals surface area contributed by atoms with Crippen molar-refractivity contribution in [2.75, 3.05) is 0 Å². The summed E-state index contributed by atoms with van der Waals surface area (Å²) < 4.78 is 19.0. The molecule has 22 heavy (non-hydrogen) atoms. The van der Waals surface area contributed by atoms with Crippen molar-refractivity contribution in [3.05, 3.63) is 35.8 Å². The van der Waals surface area contributed by atoms with Crippen LogP contribution in [0.15, 0.2) is 24.3 Å². The fourth-order valence-electron chi connectivity index (χ4n) is 1.98. The van der Waals surface area contributed by atoms with Crippen LogP contribution in [0, 0.1) is 5.82 Å². The molecule has 1 amide bonds. The van der Waals surface area contributed by atoms with Crippen LogP contribution in [0.4, 0.5) is 4.39 Å². The molecule has 2 aromatic rings. The lowest BCUT2D eigenvalue weighted by Gasteiger charge is -2.13.